The van der Waals surface area contributed by atoms with E-state index in [1.165, 1.54) is 15.6 Å². The van der Waals surface area contributed by atoms with Crippen LogP contribution < -0.4 is 4.90 Å². The Morgan fingerprint density at radius 3 is 2.78 bits per heavy atom. The fourth-order valence-electron chi connectivity index (χ4n) is 3.02. The first-order valence-corrected chi connectivity index (χ1v) is 12.2. The summed E-state index contributed by atoms with van der Waals surface area (Å²) in [5.41, 5.74) is 0.969. The van der Waals surface area contributed by atoms with Crippen LogP contribution in [0.5, 0.6) is 0 Å². The van der Waals surface area contributed by atoms with Crippen LogP contribution in [0.1, 0.15) is 26.2 Å². The van der Waals surface area contributed by atoms with E-state index in [2.05, 4.69) is 13.0 Å². The van der Waals surface area contributed by atoms with Gasteiger partial charge in [0.15, 0.2) is 0 Å². The number of hydrogen-bond donors (Lipinski definition) is 0. The van der Waals surface area contributed by atoms with Crippen LogP contribution >= 0.6 is 23.1 Å². The summed E-state index contributed by atoms with van der Waals surface area (Å²) < 4.78 is 26.6. The van der Waals surface area contributed by atoms with Crippen molar-refractivity contribution in [3.63, 3.8) is 0 Å². The minimum atomic E-state index is -3.46. The zero-order valence-electron chi connectivity index (χ0n) is 15.5. The number of hydrogen-bond acceptors (Lipinski definition) is 5. The van der Waals surface area contributed by atoms with Gasteiger partial charge in [0.05, 0.1) is 5.69 Å². The fraction of sp³-hybridized carbons (Fsp3) is 0.421. The Labute approximate surface area is 169 Å². The first-order chi connectivity index (χ1) is 12.9. The molecule has 5 nitrogen and oxygen atoms in total. The summed E-state index contributed by atoms with van der Waals surface area (Å²) in [6.45, 7) is 3.21. The molecule has 146 valence electrons. The highest BCUT2D eigenvalue weighted by Crippen LogP contribution is 2.37. The Hall–Kier alpha value is -1.35. The van der Waals surface area contributed by atoms with Crippen LogP contribution in [-0.4, -0.2) is 44.0 Å². The standard InChI is InChI=1S/C19H24N2O3S3/c1-15-11-13-21(16-7-3-4-8-17(16)26-15)18(22)9-5-12-20(2)27(23,24)19-10-6-14-25-19/h3-4,6-8,10,14-15H,5,9,11-13H2,1-2H3/t15-/m0/s1. The first kappa shape index (κ1) is 20.4. The van der Waals surface area contributed by atoms with Crippen molar-refractivity contribution < 1.29 is 13.2 Å². The Morgan fingerprint density at radius 2 is 2.04 bits per heavy atom. The molecule has 0 N–H and O–H groups in total. The van der Waals surface area contributed by atoms with Crippen LogP contribution in [0.3, 0.4) is 0 Å². The van der Waals surface area contributed by atoms with Crippen molar-refractivity contribution >= 4 is 44.7 Å². The third-order valence-corrected chi connectivity index (χ3v) is 9.03. The number of nitrogens with zero attached hydrogens (tertiary/aromatic N) is 2. The monoisotopic (exact) mass is 424 g/mol. The average molecular weight is 425 g/mol. The predicted molar refractivity (Wildman–Crippen MR) is 112 cm³/mol. The van der Waals surface area contributed by atoms with E-state index in [0.29, 0.717) is 35.4 Å². The molecule has 1 atom stereocenters. The second-order valence-corrected chi connectivity index (χ2v) is 11.3. The molecule has 2 aromatic rings. The normalized spacial score (nSPS) is 17.6. The van der Waals surface area contributed by atoms with Crippen LogP contribution in [0.4, 0.5) is 5.69 Å². The third-order valence-electron chi connectivity index (χ3n) is 4.57. The lowest BCUT2D eigenvalue weighted by Crippen LogP contribution is -2.33. The summed E-state index contributed by atoms with van der Waals surface area (Å²) in [6.07, 6.45) is 1.77. The maximum Gasteiger partial charge on any atom is 0.252 e. The number of benzene rings is 1. The van der Waals surface area contributed by atoms with E-state index < -0.39 is 10.0 Å². The van der Waals surface area contributed by atoms with E-state index in [4.69, 9.17) is 0 Å². The molecule has 3 rings (SSSR count). The Kier molecular flexibility index (Phi) is 6.62. The highest BCUT2D eigenvalue weighted by Gasteiger charge is 2.25. The van der Waals surface area contributed by atoms with Gasteiger partial charge in [0.2, 0.25) is 5.91 Å². The van der Waals surface area contributed by atoms with E-state index >= 15 is 0 Å². The van der Waals surface area contributed by atoms with Crippen LogP contribution in [0.15, 0.2) is 50.9 Å². The molecule has 0 saturated carbocycles. The van der Waals surface area contributed by atoms with Gasteiger partial charge in [-0.15, -0.1) is 23.1 Å². The number of fused-ring (bicyclic) bond motifs is 1. The third kappa shape index (κ3) is 4.74. The molecule has 0 unspecified atom stereocenters. The van der Waals surface area contributed by atoms with E-state index in [1.807, 2.05) is 23.1 Å². The highest BCUT2D eigenvalue weighted by atomic mass is 32.2. The van der Waals surface area contributed by atoms with E-state index in [-0.39, 0.29) is 5.91 Å². The van der Waals surface area contributed by atoms with Crippen molar-refractivity contribution in [2.45, 2.75) is 40.5 Å². The van der Waals surface area contributed by atoms with Gasteiger partial charge >= 0.3 is 0 Å². The number of anilines is 1. The van der Waals surface area contributed by atoms with Gasteiger partial charge in [-0.1, -0.05) is 25.1 Å². The largest absolute Gasteiger partial charge is 0.311 e. The lowest BCUT2D eigenvalue weighted by atomic mass is 10.2. The maximum absolute atomic E-state index is 12.8. The molecule has 0 radical (unpaired) electrons. The summed E-state index contributed by atoms with van der Waals surface area (Å²) in [6, 6.07) is 11.3. The molecule has 1 aromatic heterocycles. The smallest absolute Gasteiger partial charge is 0.252 e. The molecule has 1 aromatic carbocycles. The van der Waals surface area contributed by atoms with Crippen molar-refractivity contribution in [1.82, 2.24) is 4.31 Å². The minimum absolute atomic E-state index is 0.0547. The molecule has 1 aliphatic heterocycles. The van der Waals surface area contributed by atoms with E-state index in [9.17, 15) is 13.2 Å². The number of carbonyl (C=O) groups is 1. The van der Waals surface area contributed by atoms with Gasteiger partial charge in [-0.2, -0.15) is 0 Å². The lowest BCUT2D eigenvalue weighted by Gasteiger charge is -2.23. The van der Waals surface area contributed by atoms with Gasteiger partial charge in [-0.05, 0) is 36.4 Å². The van der Waals surface area contributed by atoms with Gasteiger partial charge < -0.3 is 4.90 Å². The van der Waals surface area contributed by atoms with Crippen molar-refractivity contribution in [3.05, 3.63) is 41.8 Å². The van der Waals surface area contributed by atoms with Gasteiger partial charge in [0.25, 0.3) is 10.0 Å². The molecule has 2 heterocycles. The molecule has 1 amide bonds. The SMILES string of the molecule is C[C@H]1CCN(C(=O)CCCN(C)S(=O)(=O)c2cccs2)c2ccccc2S1. The van der Waals surface area contributed by atoms with Gasteiger partial charge in [-0.25, -0.2) is 12.7 Å². The predicted octanol–water partition coefficient (Wildman–Crippen LogP) is 4.07. The molecule has 0 saturated heterocycles. The number of para-hydroxylation sites is 1. The number of thioether (sulfide) groups is 1. The molecule has 0 spiro atoms. The molecule has 8 heteroatoms. The summed E-state index contributed by atoms with van der Waals surface area (Å²) >= 11 is 3.01. The van der Waals surface area contributed by atoms with Crippen molar-refractivity contribution in [2.24, 2.45) is 0 Å². The summed E-state index contributed by atoms with van der Waals surface area (Å²) in [7, 11) is -1.89. The maximum atomic E-state index is 12.8. The van der Waals surface area contributed by atoms with E-state index in [1.54, 1.807) is 36.3 Å². The Bertz CT molecular complexity index is 881. The Morgan fingerprint density at radius 1 is 1.26 bits per heavy atom. The molecule has 1 aliphatic rings. The summed E-state index contributed by atoms with van der Waals surface area (Å²) in [5, 5.41) is 2.21. The van der Waals surface area contributed by atoms with Gasteiger partial charge in [-0.3, -0.25) is 4.79 Å². The summed E-state index contributed by atoms with van der Waals surface area (Å²) in [5.74, 6) is 0.0547. The second kappa shape index (κ2) is 8.77. The van der Waals surface area contributed by atoms with Crippen LogP contribution in [0.2, 0.25) is 0 Å². The summed E-state index contributed by atoms with van der Waals surface area (Å²) in [4.78, 5) is 15.8. The molecule has 27 heavy (non-hydrogen) atoms. The number of amides is 1. The van der Waals surface area contributed by atoms with Crippen LogP contribution in [0, 0.1) is 0 Å². The van der Waals surface area contributed by atoms with E-state index in [0.717, 1.165) is 17.0 Å². The zero-order chi connectivity index (χ0) is 19.4. The molecule has 0 bridgehead atoms. The number of carbonyl (C=O) groups excluding carboxylic acids is 1. The van der Waals surface area contributed by atoms with Crippen molar-refractivity contribution in [1.29, 1.82) is 0 Å². The molecular weight excluding hydrogens is 400 g/mol. The fourth-order valence-corrected chi connectivity index (χ4v) is 6.54. The molecule has 0 aliphatic carbocycles. The van der Waals surface area contributed by atoms with Crippen LogP contribution in [-0.2, 0) is 14.8 Å². The van der Waals surface area contributed by atoms with Crippen LogP contribution in [0.25, 0.3) is 0 Å². The van der Waals surface area contributed by atoms with Crippen molar-refractivity contribution in [2.75, 3.05) is 25.0 Å². The topological polar surface area (TPSA) is 57.7 Å². The number of rotatable bonds is 6. The quantitative estimate of drug-likeness (QED) is 0.701. The second-order valence-electron chi connectivity index (χ2n) is 6.59. The Balaban J connectivity index is 1.61. The van der Waals surface area contributed by atoms with Crippen molar-refractivity contribution in [3.8, 4) is 0 Å². The highest BCUT2D eigenvalue weighted by molar-refractivity contribution is 8.00. The lowest BCUT2D eigenvalue weighted by molar-refractivity contribution is -0.118. The first-order valence-electron chi connectivity index (χ1n) is 8.95. The van der Waals surface area contributed by atoms with Gasteiger partial charge in [0, 0.05) is 36.7 Å². The number of sulfonamides is 1. The zero-order valence-corrected chi connectivity index (χ0v) is 17.9. The minimum Gasteiger partial charge on any atom is -0.311 e. The molecular formula is C19H24N2O3S3. The average Bonchev–Trinajstić information content (AvgIpc) is 3.13. The van der Waals surface area contributed by atoms with Gasteiger partial charge in [0.1, 0.15) is 4.21 Å². The number of thiophene rings is 1. The molecule has 0 fully saturated rings.